The van der Waals surface area contributed by atoms with Gasteiger partial charge in [-0.25, -0.2) is 0 Å². The van der Waals surface area contributed by atoms with Crippen LogP contribution in [0.15, 0.2) is 18.2 Å². The van der Waals surface area contributed by atoms with Crippen molar-refractivity contribution in [2.45, 2.75) is 19.8 Å². The van der Waals surface area contributed by atoms with Crippen LogP contribution in [-0.4, -0.2) is 53.4 Å². The van der Waals surface area contributed by atoms with E-state index in [0.717, 1.165) is 37.4 Å². The summed E-state index contributed by atoms with van der Waals surface area (Å²) in [5.74, 6) is 2.32. The number of nitrogens with zero attached hydrogens (tertiary/aromatic N) is 3. The lowest BCUT2D eigenvalue weighted by molar-refractivity contribution is -0.384. The summed E-state index contributed by atoms with van der Waals surface area (Å²) in [6.07, 6.45) is 2.11. The molecule has 1 aromatic carbocycles. The number of nitro groups is 1. The summed E-state index contributed by atoms with van der Waals surface area (Å²) < 4.78 is 0. The molecule has 1 amide bonds. The second kappa shape index (κ2) is 7.42. The van der Waals surface area contributed by atoms with Crippen LogP contribution >= 0.6 is 11.8 Å². The third-order valence-corrected chi connectivity index (χ3v) is 5.87. The largest absolute Gasteiger partial charge is 0.366 e. The van der Waals surface area contributed by atoms with Crippen LogP contribution < -0.4 is 4.90 Å². The van der Waals surface area contributed by atoms with E-state index in [1.807, 2.05) is 21.6 Å². The maximum absolute atomic E-state index is 12.8. The second-order valence-corrected chi connectivity index (χ2v) is 7.74. The molecule has 24 heavy (non-hydrogen) atoms. The highest BCUT2D eigenvalue weighted by molar-refractivity contribution is 7.99. The van der Waals surface area contributed by atoms with Gasteiger partial charge in [0.15, 0.2) is 0 Å². The molecule has 3 rings (SSSR count). The van der Waals surface area contributed by atoms with Crippen molar-refractivity contribution in [3.63, 3.8) is 0 Å². The number of benzene rings is 1. The Morgan fingerprint density at radius 3 is 2.75 bits per heavy atom. The number of amides is 1. The number of rotatable bonds is 3. The molecule has 0 radical (unpaired) electrons. The highest BCUT2D eigenvalue weighted by atomic mass is 32.2. The van der Waals surface area contributed by atoms with Crippen LogP contribution in [0.5, 0.6) is 0 Å². The van der Waals surface area contributed by atoms with Crippen molar-refractivity contribution >= 4 is 29.0 Å². The fraction of sp³-hybridized carbons (Fsp3) is 0.588. The Morgan fingerprint density at radius 1 is 1.29 bits per heavy atom. The van der Waals surface area contributed by atoms with E-state index >= 15 is 0 Å². The lowest BCUT2D eigenvalue weighted by Crippen LogP contribution is -2.35. The first-order valence-corrected chi connectivity index (χ1v) is 9.62. The summed E-state index contributed by atoms with van der Waals surface area (Å²) in [5, 5.41) is 11.5. The third kappa shape index (κ3) is 3.66. The molecule has 7 heteroatoms. The number of hydrogen-bond donors (Lipinski definition) is 0. The number of anilines is 1. The number of carbonyl (C=O) groups excluding carboxylic acids is 1. The van der Waals surface area contributed by atoms with Crippen LogP contribution in [0, 0.1) is 16.0 Å². The molecule has 6 nitrogen and oxygen atoms in total. The highest BCUT2D eigenvalue weighted by Gasteiger charge is 2.26. The van der Waals surface area contributed by atoms with E-state index in [9.17, 15) is 14.9 Å². The summed E-state index contributed by atoms with van der Waals surface area (Å²) in [6.45, 7) is 5.24. The molecule has 1 atom stereocenters. The van der Waals surface area contributed by atoms with Gasteiger partial charge in [0, 0.05) is 43.6 Å². The average Bonchev–Trinajstić information content (AvgIpc) is 3.02. The van der Waals surface area contributed by atoms with Gasteiger partial charge in [-0.15, -0.1) is 0 Å². The van der Waals surface area contributed by atoms with E-state index in [2.05, 4.69) is 6.92 Å². The molecule has 2 aliphatic heterocycles. The van der Waals surface area contributed by atoms with E-state index in [1.165, 1.54) is 6.07 Å². The van der Waals surface area contributed by atoms with Crippen molar-refractivity contribution in [2.75, 3.05) is 42.6 Å². The molecule has 2 heterocycles. The first-order valence-electron chi connectivity index (χ1n) is 8.46. The summed E-state index contributed by atoms with van der Waals surface area (Å²) in [6, 6.07) is 4.94. The molecule has 0 aromatic heterocycles. The molecule has 2 saturated heterocycles. The summed E-state index contributed by atoms with van der Waals surface area (Å²) in [5.41, 5.74) is 1.09. The third-order valence-electron chi connectivity index (χ3n) is 4.59. The van der Waals surface area contributed by atoms with Gasteiger partial charge >= 0.3 is 0 Å². The zero-order valence-electron chi connectivity index (χ0n) is 13.9. The second-order valence-electron chi connectivity index (χ2n) is 6.59. The van der Waals surface area contributed by atoms with Gasteiger partial charge in [0.25, 0.3) is 11.6 Å². The lowest BCUT2D eigenvalue weighted by Gasteiger charge is -2.23. The van der Waals surface area contributed by atoms with Crippen LogP contribution in [-0.2, 0) is 0 Å². The molecule has 2 aliphatic rings. The molecule has 130 valence electrons. The van der Waals surface area contributed by atoms with Crippen molar-refractivity contribution in [1.29, 1.82) is 0 Å². The molecule has 0 saturated carbocycles. The van der Waals surface area contributed by atoms with Crippen molar-refractivity contribution in [3.05, 3.63) is 33.9 Å². The Bertz CT molecular complexity index is 632. The Labute approximate surface area is 146 Å². The smallest absolute Gasteiger partial charge is 0.293 e. The maximum Gasteiger partial charge on any atom is 0.293 e. The number of carbonyl (C=O) groups is 1. The fourth-order valence-corrected chi connectivity index (χ4v) is 4.40. The van der Waals surface area contributed by atoms with Gasteiger partial charge in [-0.1, -0.05) is 6.92 Å². The predicted octanol–water partition coefficient (Wildman–Crippen LogP) is 3.02. The molecule has 0 N–H and O–H groups in total. The predicted molar refractivity (Wildman–Crippen MR) is 96.9 cm³/mol. The van der Waals surface area contributed by atoms with Gasteiger partial charge in [-0.05, 0) is 36.6 Å². The minimum absolute atomic E-state index is 0.0417. The molecule has 2 fully saturated rings. The Morgan fingerprint density at radius 2 is 2.04 bits per heavy atom. The molecule has 1 aromatic rings. The van der Waals surface area contributed by atoms with E-state index < -0.39 is 0 Å². The molecule has 0 bridgehead atoms. The number of thioether (sulfide) groups is 1. The minimum atomic E-state index is -0.370. The summed E-state index contributed by atoms with van der Waals surface area (Å²) in [7, 11) is 0. The molecular formula is C17H23N3O3S. The van der Waals surface area contributed by atoms with Gasteiger partial charge in [-0.2, -0.15) is 11.8 Å². The Hall–Kier alpha value is -1.76. The Balaban J connectivity index is 1.86. The lowest BCUT2D eigenvalue weighted by atomic mass is 10.1. The topological polar surface area (TPSA) is 66.7 Å². The van der Waals surface area contributed by atoms with Crippen molar-refractivity contribution in [3.8, 4) is 0 Å². The molecule has 0 unspecified atom stereocenters. The van der Waals surface area contributed by atoms with Crippen LogP contribution in [0.1, 0.15) is 30.1 Å². The highest BCUT2D eigenvalue weighted by Crippen LogP contribution is 2.32. The van der Waals surface area contributed by atoms with E-state index in [0.29, 0.717) is 30.3 Å². The van der Waals surface area contributed by atoms with Gasteiger partial charge in [-0.3, -0.25) is 14.9 Å². The standard InChI is InChI=1S/C17H23N3O3S/c1-13-11-19(8-9-24-12-13)17(21)14-4-5-15(16(10-14)20(22)23)18-6-2-3-7-18/h4-5,10,13H,2-3,6-9,11-12H2,1H3/t13-/m1/s1. The first kappa shape index (κ1) is 17.1. The van der Waals surface area contributed by atoms with Gasteiger partial charge in [0.05, 0.1) is 4.92 Å². The fourth-order valence-electron chi connectivity index (χ4n) is 3.37. The van der Waals surface area contributed by atoms with Gasteiger partial charge in [0.2, 0.25) is 0 Å². The quantitative estimate of drug-likeness (QED) is 0.620. The molecule has 0 aliphatic carbocycles. The van der Waals surface area contributed by atoms with E-state index in [1.54, 1.807) is 12.1 Å². The zero-order valence-corrected chi connectivity index (χ0v) is 14.8. The Kier molecular flexibility index (Phi) is 5.28. The van der Waals surface area contributed by atoms with Crippen molar-refractivity contribution in [1.82, 2.24) is 4.90 Å². The molecular weight excluding hydrogens is 326 g/mol. The van der Waals surface area contributed by atoms with Gasteiger partial charge in [0.1, 0.15) is 5.69 Å². The SMILES string of the molecule is C[C@H]1CSCCN(C(=O)c2ccc(N3CCCC3)c([N+](=O)[O-])c2)C1. The normalized spacial score (nSPS) is 21.6. The van der Waals surface area contributed by atoms with Crippen molar-refractivity contribution < 1.29 is 9.72 Å². The maximum atomic E-state index is 12.8. The summed E-state index contributed by atoms with van der Waals surface area (Å²) >= 11 is 1.86. The first-order chi connectivity index (χ1) is 11.6. The monoisotopic (exact) mass is 349 g/mol. The van der Waals surface area contributed by atoms with E-state index in [-0.39, 0.29) is 16.5 Å². The van der Waals surface area contributed by atoms with E-state index in [4.69, 9.17) is 0 Å². The van der Waals surface area contributed by atoms with Crippen LogP contribution in [0.4, 0.5) is 11.4 Å². The van der Waals surface area contributed by atoms with Crippen LogP contribution in [0.3, 0.4) is 0 Å². The minimum Gasteiger partial charge on any atom is -0.366 e. The zero-order chi connectivity index (χ0) is 17.1. The van der Waals surface area contributed by atoms with Crippen LogP contribution in [0.2, 0.25) is 0 Å². The van der Waals surface area contributed by atoms with Crippen LogP contribution in [0.25, 0.3) is 0 Å². The molecule has 0 spiro atoms. The number of hydrogen-bond acceptors (Lipinski definition) is 5. The average molecular weight is 349 g/mol. The van der Waals surface area contributed by atoms with Crippen molar-refractivity contribution in [2.24, 2.45) is 5.92 Å². The summed E-state index contributed by atoms with van der Waals surface area (Å²) in [4.78, 5) is 27.8. The number of nitro benzene ring substituents is 1. The van der Waals surface area contributed by atoms with Gasteiger partial charge < -0.3 is 9.80 Å².